The Labute approximate surface area is 512 Å². The molecule has 0 aromatic rings. The van der Waals surface area contributed by atoms with Gasteiger partial charge < -0.3 is 14.2 Å². The van der Waals surface area contributed by atoms with Crippen LogP contribution in [0.2, 0.25) is 0 Å². The molecule has 0 aliphatic rings. The Morgan fingerprint density at radius 1 is 0.253 bits per heavy atom. The quantitative estimate of drug-likeness (QED) is 0.0261. The first-order valence-corrected chi connectivity index (χ1v) is 34.3. The van der Waals surface area contributed by atoms with E-state index in [1.54, 1.807) is 0 Å². The predicted octanol–water partition coefficient (Wildman–Crippen LogP) is 23.9. The van der Waals surface area contributed by atoms with Gasteiger partial charge in [0.15, 0.2) is 6.10 Å². The minimum absolute atomic E-state index is 0.0983. The van der Waals surface area contributed by atoms with E-state index in [1.807, 2.05) is 0 Å². The van der Waals surface area contributed by atoms with Crippen LogP contribution in [-0.2, 0) is 28.6 Å². The number of hydrogen-bond donors (Lipinski definition) is 0. The summed E-state index contributed by atoms with van der Waals surface area (Å²) < 4.78 is 16.9. The Morgan fingerprint density at radius 2 is 0.470 bits per heavy atom. The number of hydrogen-bond acceptors (Lipinski definition) is 6. The van der Waals surface area contributed by atoms with Crippen LogP contribution in [0.5, 0.6) is 0 Å². The third-order valence-corrected chi connectivity index (χ3v) is 14.3. The van der Waals surface area contributed by atoms with E-state index in [0.29, 0.717) is 12.8 Å². The Bertz CT molecular complexity index is 1800. The van der Waals surface area contributed by atoms with E-state index >= 15 is 0 Å². The average Bonchev–Trinajstić information content (AvgIpc) is 3.49. The molecule has 0 saturated carbocycles. The van der Waals surface area contributed by atoms with Gasteiger partial charge in [0.1, 0.15) is 13.2 Å². The predicted molar refractivity (Wildman–Crippen MR) is 362 cm³/mol. The van der Waals surface area contributed by atoms with Crippen LogP contribution < -0.4 is 0 Å². The molecule has 0 amide bonds. The normalized spacial score (nSPS) is 13.0. The summed E-state index contributed by atoms with van der Waals surface area (Å²) in [6.45, 7) is 6.32. The molecule has 0 rings (SSSR count). The van der Waals surface area contributed by atoms with Crippen molar-refractivity contribution in [3.8, 4) is 0 Å². The number of rotatable bonds is 61. The third-order valence-electron chi connectivity index (χ3n) is 14.3. The van der Waals surface area contributed by atoms with Crippen LogP contribution in [0.25, 0.3) is 0 Å². The SMILES string of the molecule is CC/C=C\C/C=C\C/C=C\C/C=C\C/C=C\CCCCCCCCCCCCCCCCCCCC(=O)OCC(COC(=O)CCCCCCC/C=C\C/C=C\CCC)OC(=O)CCCCC/C=C\C/C=C\C/C=C\C/C=C\C/C=C\CC. The topological polar surface area (TPSA) is 78.9 Å². The van der Waals surface area contributed by atoms with E-state index in [9.17, 15) is 14.4 Å². The van der Waals surface area contributed by atoms with Crippen molar-refractivity contribution in [2.45, 2.75) is 309 Å². The molecule has 1 unspecified atom stereocenters. The standard InChI is InChI=1S/C77H126O6/c1-4-7-10-13-16-19-22-25-27-29-31-32-33-34-35-36-37-38-39-40-41-42-43-44-46-47-49-52-55-58-61-64-67-70-76(79)82-73-74(72-81-75(78)69-66-63-60-57-54-51-24-21-18-15-12-9-6-3)83-77(80)71-68-65-62-59-56-53-50-48-45-30-28-26-23-20-17-14-11-8-5-2/h7-8,10-12,15-17,19-21,24-28,31-32,34-35,45,48,53,56,74H,4-6,9,13-14,18,22-23,29-30,33,36-44,46-47,49-52,54-55,57-73H2,1-3H3/b10-7-,11-8-,15-12-,19-16-,20-17-,24-21-,27-25-,28-26-,32-31-,35-34-,48-45-,56-53-. The van der Waals surface area contributed by atoms with E-state index in [0.717, 1.165) is 161 Å². The van der Waals surface area contributed by atoms with Crippen LogP contribution in [0.1, 0.15) is 303 Å². The fourth-order valence-corrected chi connectivity index (χ4v) is 9.24. The summed E-state index contributed by atoms with van der Waals surface area (Å²) in [5.41, 5.74) is 0. The second-order valence-corrected chi connectivity index (χ2v) is 22.3. The van der Waals surface area contributed by atoms with Gasteiger partial charge in [-0.3, -0.25) is 14.4 Å². The zero-order chi connectivity index (χ0) is 59.9. The minimum atomic E-state index is -0.807. The van der Waals surface area contributed by atoms with Gasteiger partial charge in [-0.2, -0.15) is 0 Å². The molecule has 0 fully saturated rings. The molecule has 1 atom stereocenters. The smallest absolute Gasteiger partial charge is 0.306 e. The van der Waals surface area contributed by atoms with Gasteiger partial charge in [0, 0.05) is 19.3 Å². The first-order valence-electron chi connectivity index (χ1n) is 34.3. The van der Waals surface area contributed by atoms with E-state index in [2.05, 4.69) is 167 Å². The average molecular weight is 1150 g/mol. The zero-order valence-electron chi connectivity index (χ0n) is 53.9. The van der Waals surface area contributed by atoms with Crippen molar-refractivity contribution < 1.29 is 28.6 Å². The molecule has 6 nitrogen and oxygen atoms in total. The van der Waals surface area contributed by atoms with Crippen molar-refractivity contribution in [2.75, 3.05) is 13.2 Å². The van der Waals surface area contributed by atoms with Crippen molar-refractivity contribution in [3.63, 3.8) is 0 Å². The lowest BCUT2D eigenvalue weighted by Crippen LogP contribution is -2.30. The first kappa shape index (κ1) is 78.3. The maximum atomic E-state index is 12.9. The second kappa shape index (κ2) is 69.8. The molecule has 0 aliphatic heterocycles. The Hall–Kier alpha value is -4.71. The fourth-order valence-electron chi connectivity index (χ4n) is 9.24. The molecule has 6 heteroatoms. The molecular weight excluding hydrogens is 1020 g/mol. The lowest BCUT2D eigenvalue weighted by molar-refractivity contribution is -0.167. The summed E-state index contributed by atoms with van der Waals surface area (Å²) in [7, 11) is 0. The number of carbonyl (C=O) groups excluding carboxylic acids is 3. The molecule has 0 radical (unpaired) electrons. The maximum Gasteiger partial charge on any atom is 0.306 e. The van der Waals surface area contributed by atoms with Gasteiger partial charge >= 0.3 is 17.9 Å². The van der Waals surface area contributed by atoms with E-state index in [4.69, 9.17) is 14.2 Å². The summed E-state index contributed by atoms with van der Waals surface area (Å²) >= 11 is 0. The molecule has 0 aromatic heterocycles. The lowest BCUT2D eigenvalue weighted by atomic mass is 10.0. The van der Waals surface area contributed by atoms with Gasteiger partial charge in [-0.15, -0.1) is 0 Å². The van der Waals surface area contributed by atoms with E-state index in [-0.39, 0.29) is 37.5 Å². The fraction of sp³-hybridized carbons (Fsp3) is 0.649. The summed E-state index contributed by atoms with van der Waals surface area (Å²) in [4.78, 5) is 38.4. The monoisotopic (exact) mass is 1150 g/mol. The zero-order valence-corrected chi connectivity index (χ0v) is 53.9. The molecule has 0 bridgehead atoms. The number of ether oxygens (including phenoxy) is 3. The summed E-state index contributed by atoms with van der Waals surface area (Å²) in [5, 5.41) is 0. The molecule has 0 saturated heterocycles. The minimum Gasteiger partial charge on any atom is -0.462 e. The van der Waals surface area contributed by atoms with Crippen molar-refractivity contribution in [1.29, 1.82) is 0 Å². The van der Waals surface area contributed by atoms with Crippen LogP contribution in [-0.4, -0.2) is 37.2 Å². The number of esters is 3. The first-order chi connectivity index (χ1) is 41.0. The van der Waals surface area contributed by atoms with E-state index in [1.165, 1.54) is 103 Å². The second-order valence-electron chi connectivity index (χ2n) is 22.3. The van der Waals surface area contributed by atoms with Crippen LogP contribution in [0, 0.1) is 0 Å². The third kappa shape index (κ3) is 68.0. The van der Waals surface area contributed by atoms with Crippen LogP contribution in [0.4, 0.5) is 0 Å². The van der Waals surface area contributed by atoms with Gasteiger partial charge in [0.25, 0.3) is 0 Å². The van der Waals surface area contributed by atoms with Crippen molar-refractivity contribution in [1.82, 2.24) is 0 Å². The van der Waals surface area contributed by atoms with Gasteiger partial charge in [0.2, 0.25) is 0 Å². The molecule has 470 valence electrons. The van der Waals surface area contributed by atoms with E-state index < -0.39 is 6.10 Å². The highest BCUT2D eigenvalue weighted by molar-refractivity contribution is 5.71. The molecule has 0 aliphatic carbocycles. The number of allylic oxidation sites excluding steroid dienone is 24. The molecule has 0 N–H and O–H groups in total. The summed E-state index contributed by atoms with van der Waals surface area (Å²) in [5.74, 6) is -0.941. The van der Waals surface area contributed by atoms with Gasteiger partial charge in [0.05, 0.1) is 0 Å². The highest BCUT2D eigenvalue weighted by Crippen LogP contribution is 2.16. The Kier molecular flexibility index (Phi) is 65.8. The molecule has 0 spiro atoms. The van der Waals surface area contributed by atoms with Gasteiger partial charge in [-0.1, -0.05) is 295 Å². The highest BCUT2D eigenvalue weighted by atomic mass is 16.6. The van der Waals surface area contributed by atoms with Crippen molar-refractivity contribution in [2.24, 2.45) is 0 Å². The van der Waals surface area contributed by atoms with Gasteiger partial charge in [-0.05, 0) is 135 Å². The number of unbranched alkanes of at least 4 members (excludes halogenated alkanes) is 26. The van der Waals surface area contributed by atoms with Gasteiger partial charge in [-0.25, -0.2) is 0 Å². The van der Waals surface area contributed by atoms with Crippen LogP contribution in [0.3, 0.4) is 0 Å². The lowest BCUT2D eigenvalue weighted by Gasteiger charge is -2.18. The van der Waals surface area contributed by atoms with Crippen LogP contribution in [0.15, 0.2) is 146 Å². The summed E-state index contributed by atoms with van der Waals surface area (Å²) in [6.07, 6.45) is 100. The maximum absolute atomic E-state index is 12.9. The molecule has 0 aromatic carbocycles. The number of carbonyl (C=O) groups is 3. The Morgan fingerprint density at radius 3 is 0.747 bits per heavy atom. The highest BCUT2D eigenvalue weighted by Gasteiger charge is 2.19. The molecule has 0 heterocycles. The van der Waals surface area contributed by atoms with Crippen molar-refractivity contribution >= 4 is 17.9 Å². The molecular formula is C77H126O6. The summed E-state index contributed by atoms with van der Waals surface area (Å²) in [6, 6.07) is 0. The van der Waals surface area contributed by atoms with Crippen LogP contribution >= 0.6 is 0 Å². The largest absolute Gasteiger partial charge is 0.462 e. The Balaban J connectivity index is 4.26. The molecule has 83 heavy (non-hydrogen) atoms. The van der Waals surface area contributed by atoms with Crippen molar-refractivity contribution in [3.05, 3.63) is 146 Å².